The van der Waals surface area contributed by atoms with E-state index in [-0.39, 0.29) is 11.7 Å². The molecule has 1 aromatic heterocycles. The van der Waals surface area contributed by atoms with E-state index in [4.69, 9.17) is 9.26 Å². The third kappa shape index (κ3) is 3.23. The second kappa shape index (κ2) is 6.36. The summed E-state index contributed by atoms with van der Waals surface area (Å²) in [6, 6.07) is 16.6. The highest BCUT2D eigenvalue weighted by Gasteiger charge is 2.15. The molecule has 1 heterocycles. The van der Waals surface area contributed by atoms with Crippen LogP contribution in [0, 0.1) is 6.92 Å². The average molecular weight is 308 g/mol. The van der Waals surface area contributed by atoms with Crippen LogP contribution in [0.4, 0.5) is 5.69 Å². The van der Waals surface area contributed by atoms with Crippen molar-refractivity contribution in [1.82, 2.24) is 5.16 Å². The minimum absolute atomic E-state index is 0.145. The predicted octanol–water partition coefficient (Wildman–Crippen LogP) is 3.91. The van der Waals surface area contributed by atoms with Gasteiger partial charge in [-0.1, -0.05) is 47.1 Å². The number of hydrogen-bond donors (Lipinski definition) is 1. The second-order valence-electron chi connectivity index (χ2n) is 5.10. The number of ether oxygens (including phenoxy) is 1. The highest BCUT2D eigenvalue weighted by molar-refractivity contribution is 6.03. The lowest BCUT2D eigenvalue weighted by Gasteiger charge is -2.07. The first kappa shape index (κ1) is 14.8. The van der Waals surface area contributed by atoms with E-state index in [1.54, 1.807) is 25.3 Å². The molecule has 0 saturated heterocycles. The lowest BCUT2D eigenvalue weighted by atomic mass is 10.1. The molecule has 3 aromatic rings. The number of aromatic nitrogens is 1. The molecule has 5 nitrogen and oxygen atoms in total. The molecule has 2 aromatic carbocycles. The number of benzene rings is 2. The molecule has 0 aliphatic carbocycles. The van der Waals surface area contributed by atoms with Crippen LogP contribution >= 0.6 is 0 Å². The Morgan fingerprint density at radius 2 is 1.87 bits per heavy atom. The SMILES string of the molecule is COc1ccccc1NC(=O)c1cc(-c2ccc(C)cc2)no1. The van der Waals surface area contributed by atoms with Gasteiger partial charge in [0.1, 0.15) is 11.4 Å². The van der Waals surface area contributed by atoms with Crippen molar-refractivity contribution in [3.8, 4) is 17.0 Å². The van der Waals surface area contributed by atoms with E-state index in [9.17, 15) is 4.79 Å². The zero-order valence-corrected chi connectivity index (χ0v) is 12.9. The Morgan fingerprint density at radius 3 is 2.61 bits per heavy atom. The van der Waals surface area contributed by atoms with Gasteiger partial charge in [-0.2, -0.15) is 0 Å². The van der Waals surface area contributed by atoms with E-state index in [0.717, 1.165) is 11.1 Å². The molecule has 0 radical (unpaired) electrons. The number of carbonyl (C=O) groups excluding carboxylic acids is 1. The summed E-state index contributed by atoms with van der Waals surface area (Å²) in [5, 5.41) is 6.71. The summed E-state index contributed by atoms with van der Waals surface area (Å²) in [4.78, 5) is 12.3. The molecule has 1 N–H and O–H groups in total. The molecule has 0 fully saturated rings. The fraction of sp³-hybridized carbons (Fsp3) is 0.111. The summed E-state index contributed by atoms with van der Waals surface area (Å²) >= 11 is 0. The van der Waals surface area contributed by atoms with Crippen molar-refractivity contribution < 1.29 is 14.1 Å². The number of rotatable bonds is 4. The number of amides is 1. The monoisotopic (exact) mass is 308 g/mol. The van der Waals surface area contributed by atoms with Crippen molar-refractivity contribution in [2.45, 2.75) is 6.92 Å². The molecular formula is C18H16N2O3. The molecule has 5 heteroatoms. The number of nitrogens with zero attached hydrogens (tertiary/aromatic N) is 1. The predicted molar refractivity (Wildman–Crippen MR) is 87.6 cm³/mol. The van der Waals surface area contributed by atoms with Gasteiger partial charge in [0, 0.05) is 11.6 Å². The van der Waals surface area contributed by atoms with Gasteiger partial charge < -0.3 is 14.6 Å². The Balaban J connectivity index is 1.80. The highest BCUT2D eigenvalue weighted by atomic mass is 16.5. The fourth-order valence-electron chi connectivity index (χ4n) is 2.17. The third-order valence-corrected chi connectivity index (χ3v) is 3.44. The van der Waals surface area contributed by atoms with E-state index in [1.165, 1.54) is 0 Å². The first-order chi connectivity index (χ1) is 11.2. The molecule has 23 heavy (non-hydrogen) atoms. The number of nitrogens with one attached hydrogen (secondary N) is 1. The van der Waals surface area contributed by atoms with Crippen LogP contribution in [0.2, 0.25) is 0 Å². The van der Waals surface area contributed by atoms with Crippen LogP contribution < -0.4 is 10.1 Å². The quantitative estimate of drug-likeness (QED) is 0.793. The molecule has 3 rings (SSSR count). The zero-order chi connectivity index (χ0) is 16.2. The fourth-order valence-corrected chi connectivity index (χ4v) is 2.17. The van der Waals surface area contributed by atoms with Crippen LogP contribution in [0.3, 0.4) is 0 Å². The van der Waals surface area contributed by atoms with Gasteiger partial charge in [0.05, 0.1) is 12.8 Å². The van der Waals surface area contributed by atoms with E-state index in [2.05, 4.69) is 10.5 Å². The number of hydrogen-bond acceptors (Lipinski definition) is 4. The molecule has 116 valence electrons. The number of anilines is 1. The molecule has 0 aliphatic heterocycles. The number of para-hydroxylation sites is 2. The Bertz CT molecular complexity index is 822. The third-order valence-electron chi connectivity index (χ3n) is 3.44. The zero-order valence-electron chi connectivity index (χ0n) is 12.9. The summed E-state index contributed by atoms with van der Waals surface area (Å²) in [5.74, 6) is 0.353. The smallest absolute Gasteiger partial charge is 0.294 e. The number of carbonyl (C=O) groups is 1. The summed E-state index contributed by atoms with van der Waals surface area (Å²) in [6.07, 6.45) is 0. The maximum Gasteiger partial charge on any atom is 0.294 e. The molecular weight excluding hydrogens is 292 g/mol. The van der Waals surface area contributed by atoms with Gasteiger partial charge in [-0.3, -0.25) is 4.79 Å². The Morgan fingerprint density at radius 1 is 1.13 bits per heavy atom. The largest absolute Gasteiger partial charge is 0.495 e. The van der Waals surface area contributed by atoms with Crippen molar-refractivity contribution in [2.24, 2.45) is 0 Å². The van der Waals surface area contributed by atoms with Crippen LogP contribution in [0.15, 0.2) is 59.1 Å². The van der Waals surface area contributed by atoms with E-state index >= 15 is 0 Å². The van der Waals surface area contributed by atoms with Crippen molar-refractivity contribution in [3.05, 3.63) is 65.9 Å². The van der Waals surface area contributed by atoms with Crippen LogP contribution in [0.1, 0.15) is 16.1 Å². The van der Waals surface area contributed by atoms with Crippen molar-refractivity contribution in [3.63, 3.8) is 0 Å². The molecule has 1 amide bonds. The average Bonchev–Trinajstić information content (AvgIpc) is 3.06. The van der Waals surface area contributed by atoms with Gasteiger partial charge >= 0.3 is 0 Å². The lowest BCUT2D eigenvalue weighted by Crippen LogP contribution is -2.11. The Labute approximate surface area is 133 Å². The molecule has 0 bridgehead atoms. The van der Waals surface area contributed by atoms with Gasteiger partial charge in [0.25, 0.3) is 5.91 Å². The van der Waals surface area contributed by atoms with Crippen LogP contribution in [-0.2, 0) is 0 Å². The van der Waals surface area contributed by atoms with Crippen LogP contribution in [0.5, 0.6) is 5.75 Å². The summed E-state index contributed by atoms with van der Waals surface area (Å²) in [5.41, 5.74) is 3.26. The number of methoxy groups -OCH3 is 1. The summed E-state index contributed by atoms with van der Waals surface area (Å²) in [7, 11) is 1.55. The normalized spacial score (nSPS) is 10.3. The van der Waals surface area contributed by atoms with Gasteiger partial charge in [-0.05, 0) is 19.1 Å². The second-order valence-corrected chi connectivity index (χ2v) is 5.10. The Hall–Kier alpha value is -3.08. The summed E-state index contributed by atoms with van der Waals surface area (Å²) < 4.78 is 10.4. The van der Waals surface area contributed by atoms with Crippen molar-refractivity contribution >= 4 is 11.6 Å². The van der Waals surface area contributed by atoms with Gasteiger partial charge in [-0.25, -0.2) is 0 Å². The first-order valence-corrected chi connectivity index (χ1v) is 7.15. The minimum Gasteiger partial charge on any atom is -0.495 e. The molecule has 0 saturated carbocycles. The maximum atomic E-state index is 12.3. The standard InChI is InChI=1S/C18H16N2O3/c1-12-7-9-13(10-8-12)15-11-17(23-20-15)18(21)19-14-5-3-4-6-16(14)22-2/h3-11H,1-2H3,(H,19,21). The van der Waals surface area contributed by atoms with E-state index in [1.807, 2.05) is 43.3 Å². The van der Waals surface area contributed by atoms with Crippen LogP contribution in [-0.4, -0.2) is 18.2 Å². The minimum atomic E-state index is -0.375. The highest BCUT2D eigenvalue weighted by Crippen LogP contribution is 2.25. The van der Waals surface area contributed by atoms with Crippen LogP contribution in [0.25, 0.3) is 11.3 Å². The molecule has 0 atom stereocenters. The lowest BCUT2D eigenvalue weighted by molar-refractivity contribution is 0.0987. The topological polar surface area (TPSA) is 64.4 Å². The van der Waals surface area contributed by atoms with Crippen molar-refractivity contribution in [1.29, 1.82) is 0 Å². The van der Waals surface area contributed by atoms with E-state index in [0.29, 0.717) is 17.1 Å². The molecule has 0 aliphatic rings. The van der Waals surface area contributed by atoms with Gasteiger partial charge in [0.2, 0.25) is 5.76 Å². The molecule has 0 unspecified atom stereocenters. The van der Waals surface area contributed by atoms with Gasteiger partial charge in [-0.15, -0.1) is 0 Å². The molecule has 0 spiro atoms. The maximum absolute atomic E-state index is 12.3. The summed E-state index contributed by atoms with van der Waals surface area (Å²) in [6.45, 7) is 2.01. The van der Waals surface area contributed by atoms with Crippen molar-refractivity contribution in [2.75, 3.05) is 12.4 Å². The number of aryl methyl sites for hydroxylation is 1. The Kier molecular flexibility index (Phi) is 4.10. The van der Waals surface area contributed by atoms with Gasteiger partial charge in [0.15, 0.2) is 0 Å². The van der Waals surface area contributed by atoms with E-state index < -0.39 is 0 Å². The first-order valence-electron chi connectivity index (χ1n) is 7.15.